The van der Waals surface area contributed by atoms with Crippen LogP contribution in [0.2, 0.25) is 0 Å². The monoisotopic (exact) mass is 476 g/mol. The van der Waals surface area contributed by atoms with Crippen molar-refractivity contribution in [1.29, 1.82) is 0 Å². The molecule has 0 amide bonds. The van der Waals surface area contributed by atoms with E-state index in [2.05, 4.69) is 67.1 Å². The van der Waals surface area contributed by atoms with Gasteiger partial charge < -0.3 is 15.5 Å². The Balaban J connectivity index is 0.00000312. The minimum Gasteiger partial charge on any atom is -0.357 e. The summed E-state index contributed by atoms with van der Waals surface area (Å²) in [6, 6.07) is 9.33. The summed E-state index contributed by atoms with van der Waals surface area (Å²) >= 11 is 1.99. The quantitative estimate of drug-likeness (QED) is 0.358. The van der Waals surface area contributed by atoms with Crippen molar-refractivity contribution in [3.63, 3.8) is 0 Å². The van der Waals surface area contributed by atoms with Gasteiger partial charge in [0.2, 0.25) is 0 Å². The van der Waals surface area contributed by atoms with Gasteiger partial charge in [0.25, 0.3) is 0 Å². The van der Waals surface area contributed by atoms with Crippen LogP contribution in [0, 0.1) is 0 Å². The second kappa shape index (κ2) is 12.0. The highest BCUT2D eigenvalue weighted by Crippen LogP contribution is 2.28. The number of aliphatic imine (C=N–C) groups is 1. The summed E-state index contributed by atoms with van der Waals surface area (Å²) < 4.78 is 0. The Morgan fingerprint density at radius 2 is 1.88 bits per heavy atom. The largest absolute Gasteiger partial charge is 0.357 e. The van der Waals surface area contributed by atoms with Crippen LogP contribution in [-0.4, -0.2) is 49.0 Å². The fraction of sp³-hybridized carbons (Fsp3) is 0.632. The van der Waals surface area contributed by atoms with Crippen molar-refractivity contribution in [2.45, 2.75) is 50.6 Å². The predicted octanol–water partition coefficient (Wildman–Crippen LogP) is 3.71. The summed E-state index contributed by atoms with van der Waals surface area (Å²) in [7, 11) is 4.19. The molecule has 6 heteroatoms. The maximum Gasteiger partial charge on any atom is 0.191 e. The molecule has 0 saturated heterocycles. The standard InChI is InChI=1S/C19H32N4S.HI/c1-5-20-19(22-17-10-11-18(12-17)24-4)21-13-15-6-8-16(9-7-15)14-23(2)3;/h6-9,17-18H,5,10-14H2,1-4H3,(H2,20,21,22);1H. The molecule has 2 atom stereocenters. The number of rotatable bonds is 7. The highest BCUT2D eigenvalue weighted by molar-refractivity contribution is 14.0. The molecule has 1 aromatic rings. The fourth-order valence-corrected chi connectivity index (χ4v) is 3.88. The Kier molecular flexibility index (Phi) is 10.8. The Morgan fingerprint density at radius 1 is 1.20 bits per heavy atom. The van der Waals surface area contributed by atoms with Crippen LogP contribution in [0.5, 0.6) is 0 Å². The second-order valence-corrected chi connectivity index (χ2v) is 7.90. The molecule has 2 N–H and O–H groups in total. The lowest BCUT2D eigenvalue weighted by Crippen LogP contribution is -2.42. The summed E-state index contributed by atoms with van der Waals surface area (Å²) in [6.07, 6.45) is 6.01. The lowest BCUT2D eigenvalue weighted by atomic mass is 10.1. The van der Waals surface area contributed by atoms with E-state index in [9.17, 15) is 0 Å². The van der Waals surface area contributed by atoms with Crippen LogP contribution in [0.15, 0.2) is 29.3 Å². The highest BCUT2D eigenvalue weighted by Gasteiger charge is 2.24. The molecule has 142 valence electrons. The first-order chi connectivity index (χ1) is 11.6. The average molecular weight is 476 g/mol. The number of thioether (sulfide) groups is 1. The van der Waals surface area contributed by atoms with E-state index >= 15 is 0 Å². The molecule has 0 aromatic heterocycles. The van der Waals surface area contributed by atoms with Crippen molar-refractivity contribution >= 4 is 41.7 Å². The number of hydrogen-bond acceptors (Lipinski definition) is 3. The molecule has 0 bridgehead atoms. The van der Waals surface area contributed by atoms with Gasteiger partial charge in [0.05, 0.1) is 6.54 Å². The van der Waals surface area contributed by atoms with Gasteiger partial charge in [-0.1, -0.05) is 24.3 Å². The number of nitrogens with zero attached hydrogens (tertiary/aromatic N) is 2. The molecule has 4 nitrogen and oxygen atoms in total. The molecule has 1 fully saturated rings. The Labute approximate surface area is 174 Å². The molecule has 0 spiro atoms. The van der Waals surface area contributed by atoms with Crippen molar-refractivity contribution < 1.29 is 0 Å². The first-order valence-corrected chi connectivity index (χ1v) is 10.2. The van der Waals surface area contributed by atoms with Crippen LogP contribution in [0.25, 0.3) is 0 Å². The second-order valence-electron chi connectivity index (χ2n) is 6.76. The van der Waals surface area contributed by atoms with Crippen LogP contribution < -0.4 is 10.6 Å². The summed E-state index contributed by atoms with van der Waals surface area (Å²) in [6.45, 7) is 4.71. The van der Waals surface area contributed by atoms with Gasteiger partial charge in [-0.25, -0.2) is 4.99 Å². The molecule has 0 radical (unpaired) electrons. The zero-order valence-electron chi connectivity index (χ0n) is 15.9. The van der Waals surface area contributed by atoms with Gasteiger partial charge in [-0.05, 0) is 57.7 Å². The molecule has 0 heterocycles. The molecule has 1 saturated carbocycles. The zero-order valence-corrected chi connectivity index (χ0v) is 19.1. The van der Waals surface area contributed by atoms with Crippen LogP contribution in [0.1, 0.15) is 37.3 Å². The van der Waals surface area contributed by atoms with Crippen LogP contribution >= 0.6 is 35.7 Å². The molecular formula is C19H33IN4S. The molecular weight excluding hydrogens is 443 g/mol. The van der Waals surface area contributed by atoms with Crippen molar-refractivity contribution in [2.24, 2.45) is 4.99 Å². The number of nitrogens with one attached hydrogen (secondary N) is 2. The number of hydrogen-bond donors (Lipinski definition) is 2. The van der Waals surface area contributed by atoms with E-state index in [0.29, 0.717) is 6.04 Å². The SMILES string of the molecule is CCNC(=NCc1ccc(CN(C)C)cc1)NC1CCC(SC)C1.I. The normalized spacial score (nSPS) is 20.4. The molecule has 1 aliphatic rings. The van der Waals surface area contributed by atoms with E-state index in [-0.39, 0.29) is 24.0 Å². The molecule has 0 aliphatic heterocycles. The number of halogens is 1. The van der Waals surface area contributed by atoms with E-state index in [1.54, 1.807) is 0 Å². The van der Waals surface area contributed by atoms with Crippen LogP contribution in [-0.2, 0) is 13.1 Å². The summed E-state index contributed by atoms with van der Waals surface area (Å²) in [4.78, 5) is 6.95. The third-order valence-electron chi connectivity index (χ3n) is 4.34. The minimum atomic E-state index is 0. The minimum absolute atomic E-state index is 0. The van der Waals surface area contributed by atoms with Gasteiger partial charge in [-0.3, -0.25) is 0 Å². The fourth-order valence-electron chi connectivity index (χ4n) is 3.08. The molecule has 1 aliphatic carbocycles. The van der Waals surface area contributed by atoms with E-state index in [4.69, 9.17) is 4.99 Å². The Morgan fingerprint density at radius 3 is 2.44 bits per heavy atom. The maximum atomic E-state index is 4.77. The van der Waals surface area contributed by atoms with Gasteiger partial charge in [0, 0.05) is 24.4 Å². The number of benzene rings is 1. The van der Waals surface area contributed by atoms with E-state index in [1.165, 1.54) is 30.4 Å². The Bertz CT molecular complexity index is 519. The zero-order chi connectivity index (χ0) is 17.4. The predicted molar refractivity (Wildman–Crippen MR) is 122 cm³/mol. The van der Waals surface area contributed by atoms with E-state index in [1.807, 2.05) is 11.8 Å². The highest BCUT2D eigenvalue weighted by atomic mass is 127. The first kappa shape index (κ1) is 22.6. The molecule has 1 aromatic carbocycles. The number of guanidine groups is 1. The molecule has 2 unspecified atom stereocenters. The van der Waals surface area contributed by atoms with Gasteiger partial charge in [0.15, 0.2) is 5.96 Å². The first-order valence-electron chi connectivity index (χ1n) is 8.91. The van der Waals surface area contributed by atoms with Crippen molar-refractivity contribution in [3.8, 4) is 0 Å². The smallest absolute Gasteiger partial charge is 0.191 e. The third-order valence-corrected chi connectivity index (χ3v) is 5.44. The summed E-state index contributed by atoms with van der Waals surface area (Å²) in [5.41, 5.74) is 2.59. The van der Waals surface area contributed by atoms with Gasteiger partial charge >= 0.3 is 0 Å². The van der Waals surface area contributed by atoms with E-state index in [0.717, 1.165) is 30.8 Å². The maximum absolute atomic E-state index is 4.77. The summed E-state index contributed by atoms with van der Waals surface area (Å²) in [5, 5.41) is 7.78. The van der Waals surface area contributed by atoms with Gasteiger partial charge in [0.1, 0.15) is 0 Å². The van der Waals surface area contributed by atoms with Gasteiger partial charge in [-0.15, -0.1) is 24.0 Å². The lowest BCUT2D eigenvalue weighted by molar-refractivity contribution is 0.402. The van der Waals surface area contributed by atoms with Crippen LogP contribution in [0.4, 0.5) is 0 Å². The van der Waals surface area contributed by atoms with Crippen LogP contribution in [0.3, 0.4) is 0 Å². The van der Waals surface area contributed by atoms with Crippen molar-refractivity contribution in [3.05, 3.63) is 35.4 Å². The lowest BCUT2D eigenvalue weighted by Gasteiger charge is -2.17. The molecule has 25 heavy (non-hydrogen) atoms. The topological polar surface area (TPSA) is 39.7 Å². The van der Waals surface area contributed by atoms with Crippen molar-refractivity contribution in [1.82, 2.24) is 15.5 Å². The average Bonchev–Trinajstić information content (AvgIpc) is 3.01. The summed E-state index contributed by atoms with van der Waals surface area (Å²) in [5.74, 6) is 0.946. The van der Waals surface area contributed by atoms with Crippen molar-refractivity contribution in [2.75, 3.05) is 26.9 Å². The Hall–Kier alpha value is -0.470. The van der Waals surface area contributed by atoms with Gasteiger partial charge in [-0.2, -0.15) is 11.8 Å². The third kappa shape index (κ3) is 8.17. The molecule has 2 rings (SSSR count). The van der Waals surface area contributed by atoms with E-state index < -0.39 is 0 Å².